The topological polar surface area (TPSA) is 122 Å². The van der Waals surface area contributed by atoms with Crippen LogP contribution >= 0.6 is 0 Å². The molecule has 0 saturated carbocycles. The summed E-state index contributed by atoms with van der Waals surface area (Å²) in [4.78, 5) is 35.1. The first kappa shape index (κ1) is 14.4. The van der Waals surface area contributed by atoms with Crippen molar-refractivity contribution < 1.29 is 32.3 Å². The minimum Gasteiger partial charge on any atom is -0.447 e. The van der Waals surface area contributed by atoms with Gasteiger partial charge in [0.25, 0.3) is 0 Å². The molecule has 2 atom stereocenters. The Bertz CT molecular complexity index is 560. The third kappa shape index (κ3) is 2.35. The molecule has 0 spiro atoms. The van der Waals surface area contributed by atoms with E-state index in [-0.39, 0.29) is 13.2 Å². The molecule has 0 aromatic rings. The van der Waals surface area contributed by atoms with Crippen LogP contribution in [-0.2, 0) is 19.7 Å². The quantitative estimate of drug-likeness (QED) is 0.737. The molecule has 0 radical (unpaired) electrons. The molecule has 0 bridgehead atoms. The van der Waals surface area contributed by atoms with Crippen molar-refractivity contribution in [2.45, 2.75) is 25.9 Å². The molecule has 11 heteroatoms. The smallest absolute Gasteiger partial charge is 0.425 e. The summed E-state index contributed by atoms with van der Waals surface area (Å²) in [5, 5.41) is 0. The number of ether oxygens (including phenoxy) is 2. The standard InChI is InChI=1S/C9H13N3O7S/c1-5-3-18-8(14)11(5)7(13)10-20(16,17)12-6(2)4-19-9(12)15/h5-6H,3-4H2,1-2H3,(H,10,13)/t5-,6-/m0/s1. The van der Waals surface area contributed by atoms with Crippen molar-refractivity contribution in [3.63, 3.8) is 0 Å². The maximum Gasteiger partial charge on any atom is 0.425 e. The highest BCUT2D eigenvalue weighted by molar-refractivity contribution is 7.88. The molecule has 10 nitrogen and oxygen atoms in total. The summed E-state index contributed by atoms with van der Waals surface area (Å²) in [7, 11) is -4.43. The molecule has 20 heavy (non-hydrogen) atoms. The Hall–Kier alpha value is -2.04. The second kappa shape index (κ2) is 4.81. The van der Waals surface area contributed by atoms with E-state index in [0.717, 1.165) is 0 Å². The molecular formula is C9H13N3O7S. The first-order valence-corrected chi connectivity index (χ1v) is 7.17. The molecular weight excluding hydrogens is 294 g/mol. The van der Waals surface area contributed by atoms with Crippen molar-refractivity contribution in [1.82, 2.24) is 13.9 Å². The van der Waals surface area contributed by atoms with Crippen LogP contribution in [0.15, 0.2) is 0 Å². The van der Waals surface area contributed by atoms with E-state index in [9.17, 15) is 22.8 Å². The Labute approximate surface area is 114 Å². The summed E-state index contributed by atoms with van der Waals surface area (Å²) >= 11 is 0. The average Bonchev–Trinajstić information content (AvgIpc) is 2.82. The molecule has 0 unspecified atom stereocenters. The molecule has 2 heterocycles. The van der Waals surface area contributed by atoms with Crippen molar-refractivity contribution in [2.24, 2.45) is 0 Å². The van der Waals surface area contributed by atoms with E-state index in [0.29, 0.717) is 9.21 Å². The second-order valence-corrected chi connectivity index (χ2v) is 5.98. The molecule has 0 aromatic heterocycles. The highest BCUT2D eigenvalue weighted by atomic mass is 32.2. The summed E-state index contributed by atoms with van der Waals surface area (Å²) in [5.41, 5.74) is 0. The molecule has 2 fully saturated rings. The molecule has 4 amide bonds. The van der Waals surface area contributed by atoms with Gasteiger partial charge in [-0.2, -0.15) is 12.7 Å². The minimum absolute atomic E-state index is 0.0194. The molecule has 2 rings (SSSR count). The number of carbonyl (C=O) groups is 3. The van der Waals surface area contributed by atoms with E-state index in [2.05, 4.69) is 9.47 Å². The van der Waals surface area contributed by atoms with Crippen molar-refractivity contribution in [2.75, 3.05) is 13.2 Å². The Morgan fingerprint density at radius 3 is 2.15 bits per heavy atom. The maximum atomic E-state index is 11.9. The summed E-state index contributed by atoms with van der Waals surface area (Å²) < 4.78 is 35.1. The van der Waals surface area contributed by atoms with Gasteiger partial charge in [-0.1, -0.05) is 0 Å². The lowest BCUT2D eigenvalue weighted by Crippen LogP contribution is -2.52. The summed E-state index contributed by atoms with van der Waals surface area (Å²) in [6.45, 7) is 2.84. The summed E-state index contributed by atoms with van der Waals surface area (Å²) in [6, 6.07) is -2.51. The van der Waals surface area contributed by atoms with Crippen LogP contribution in [0.3, 0.4) is 0 Å². The largest absolute Gasteiger partial charge is 0.447 e. The van der Waals surface area contributed by atoms with Gasteiger partial charge in [0.2, 0.25) is 0 Å². The van der Waals surface area contributed by atoms with Crippen LogP contribution in [0.4, 0.5) is 14.4 Å². The monoisotopic (exact) mass is 307 g/mol. The van der Waals surface area contributed by atoms with E-state index in [1.165, 1.54) is 13.8 Å². The van der Waals surface area contributed by atoms with E-state index in [1.807, 2.05) is 0 Å². The predicted octanol–water partition coefficient (Wildman–Crippen LogP) is -0.378. The van der Waals surface area contributed by atoms with Crippen molar-refractivity contribution in [3.05, 3.63) is 0 Å². The number of hydrogen-bond acceptors (Lipinski definition) is 7. The molecule has 2 aliphatic rings. The van der Waals surface area contributed by atoms with Crippen molar-refractivity contribution in [3.8, 4) is 0 Å². The third-order valence-corrected chi connectivity index (χ3v) is 4.27. The van der Waals surface area contributed by atoms with Crippen LogP contribution in [0.1, 0.15) is 13.8 Å². The van der Waals surface area contributed by atoms with E-state index >= 15 is 0 Å². The zero-order chi connectivity index (χ0) is 15.1. The van der Waals surface area contributed by atoms with Gasteiger partial charge in [0.15, 0.2) is 0 Å². The van der Waals surface area contributed by atoms with Crippen LogP contribution < -0.4 is 4.72 Å². The molecule has 1 N–H and O–H groups in total. The van der Waals surface area contributed by atoms with E-state index < -0.39 is 40.5 Å². The SMILES string of the molecule is C[C@H]1COC(=O)N1C(=O)NS(=O)(=O)N1C(=O)OC[C@@H]1C. The third-order valence-electron chi connectivity index (χ3n) is 2.81. The lowest BCUT2D eigenvalue weighted by atomic mass is 10.3. The molecule has 0 aromatic carbocycles. The Morgan fingerprint density at radius 2 is 1.70 bits per heavy atom. The van der Waals surface area contributed by atoms with E-state index in [1.54, 1.807) is 4.72 Å². The fourth-order valence-corrected chi connectivity index (χ4v) is 3.05. The minimum atomic E-state index is -4.43. The Morgan fingerprint density at radius 1 is 1.15 bits per heavy atom. The summed E-state index contributed by atoms with van der Waals surface area (Å²) in [6.07, 6.45) is -2.02. The van der Waals surface area contributed by atoms with Gasteiger partial charge in [0.05, 0.1) is 12.1 Å². The highest BCUT2D eigenvalue weighted by Gasteiger charge is 2.43. The zero-order valence-corrected chi connectivity index (χ0v) is 11.5. The fourth-order valence-electron chi connectivity index (χ4n) is 1.85. The zero-order valence-electron chi connectivity index (χ0n) is 10.7. The van der Waals surface area contributed by atoms with Crippen LogP contribution in [0.2, 0.25) is 0 Å². The molecule has 112 valence electrons. The number of urea groups is 1. The van der Waals surface area contributed by atoms with E-state index in [4.69, 9.17) is 0 Å². The number of rotatable bonds is 2. The van der Waals surface area contributed by atoms with Gasteiger partial charge in [-0.25, -0.2) is 24.0 Å². The number of carbonyl (C=O) groups excluding carboxylic acids is 3. The van der Waals surface area contributed by atoms with Gasteiger partial charge in [-0.05, 0) is 13.8 Å². The normalized spacial score (nSPS) is 26.5. The van der Waals surface area contributed by atoms with Crippen molar-refractivity contribution in [1.29, 1.82) is 0 Å². The van der Waals surface area contributed by atoms with Gasteiger partial charge < -0.3 is 9.47 Å². The van der Waals surface area contributed by atoms with Crippen LogP contribution in [0.25, 0.3) is 0 Å². The lowest BCUT2D eigenvalue weighted by Gasteiger charge is -2.21. The number of imide groups is 1. The summed E-state index contributed by atoms with van der Waals surface area (Å²) in [5.74, 6) is 0. The van der Waals surface area contributed by atoms with Gasteiger partial charge >= 0.3 is 28.4 Å². The Kier molecular flexibility index (Phi) is 3.46. The number of amides is 4. The van der Waals surface area contributed by atoms with Gasteiger partial charge in [0.1, 0.15) is 13.2 Å². The van der Waals surface area contributed by atoms with Gasteiger partial charge in [-0.3, -0.25) is 0 Å². The average molecular weight is 307 g/mol. The molecule has 2 aliphatic heterocycles. The number of nitrogens with zero attached hydrogens (tertiary/aromatic N) is 2. The van der Waals surface area contributed by atoms with Gasteiger partial charge in [0, 0.05) is 0 Å². The predicted molar refractivity (Wildman–Crippen MR) is 62.7 cm³/mol. The van der Waals surface area contributed by atoms with Crippen LogP contribution in [-0.4, -0.2) is 61.1 Å². The second-order valence-electron chi connectivity index (χ2n) is 4.43. The van der Waals surface area contributed by atoms with Crippen LogP contribution in [0.5, 0.6) is 0 Å². The fraction of sp³-hybridized carbons (Fsp3) is 0.667. The number of hydrogen-bond donors (Lipinski definition) is 1. The van der Waals surface area contributed by atoms with Crippen molar-refractivity contribution >= 4 is 28.4 Å². The lowest BCUT2D eigenvalue weighted by molar-refractivity contribution is 0.159. The first-order valence-electron chi connectivity index (χ1n) is 5.73. The molecule has 2 saturated heterocycles. The first-order chi connectivity index (χ1) is 9.24. The Balaban J connectivity index is 2.14. The molecule has 0 aliphatic carbocycles. The maximum absolute atomic E-state index is 11.9. The number of nitrogens with one attached hydrogen (secondary N) is 1. The highest BCUT2D eigenvalue weighted by Crippen LogP contribution is 2.17. The van der Waals surface area contributed by atoms with Crippen LogP contribution in [0, 0.1) is 0 Å². The number of cyclic esters (lactones) is 2. The van der Waals surface area contributed by atoms with Gasteiger partial charge in [-0.15, -0.1) is 0 Å².